The maximum absolute atomic E-state index is 11.0. The Hall–Kier alpha value is -1.08. The highest BCUT2D eigenvalue weighted by Gasteiger charge is 2.21. The van der Waals surface area contributed by atoms with E-state index < -0.39 is 0 Å². The highest BCUT2D eigenvalue weighted by atomic mass is 16.1. The van der Waals surface area contributed by atoms with Gasteiger partial charge in [0.1, 0.15) is 0 Å². The fourth-order valence-corrected chi connectivity index (χ4v) is 2.39. The van der Waals surface area contributed by atoms with E-state index in [1.807, 2.05) is 13.8 Å². The van der Waals surface area contributed by atoms with Crippen LogP contribution in [-0.4, -0.2) is 36.5 Å². The van der Waals surface area contributed by atoms with Crippen molar-refractivity contribution in [3.05, 3.63) is 0 Å². The van der Waals surface area contributed by atoms with Gasteiger partial charge in [-0.3, -0.25) is 4.79 Å². The van der Waals surface area contributed by atoms with Crippen molar-refractivity contribution in [2.45, 2.75) is 52.5 Å². The van der Waals surface area contributed by atoms with Crippen molar-refractivity contribution in [3.8, 4) is 6.07 Å². The average molecular weight is 251 g/mol. The number of piperidine rings is 1. The minimum atomic E-state index is -0.200. The molecule has 1 rings (SSSR count). The van der Waals surface area contributed by atoms with Crippen LogP contribution in [0.5, 0.6) is 0 Å². The lowest BCUT2D eigenvalue weighted by molar-refractivity contribution is -0.119. The van der Waals surface area contributed by atoms with Crippen LogP contribution in [0.2, 0.25) is 0 Å². The van der Waals surface area contributed by atoms with Gasteiger partial charge in [0.05, 0.1) is 11.5 Å². The summed E-state index contributed by atoms with van der Waals surface area (Å²) in [7, 11) is 0. The SMILES string of the molecule is CC(=O)NC1CCN(CCCC(C)(C)C#N)CC1. The molecule has 1 heterocycles. The molecule has 0 aromatic carbocycles. The molecule has 102 valence electrons. The standard InChI is InChI=1S/C14H25N3O/c1-12(18)16-13-5-9-17(10-6-13)8-4-7-14(2,3)11-15/h13H,4-10H2,1-3H3,(H,16,18). The topological polar surface area (TPSA) is 56.1 Å². The predicted molar refractivity (Wildman–Crippen MR) is 71.9 cm³/mol. The van der Waals surface area contributed by atoms with Gasteiger partial charge in [0.2, 0.25) is 5.91 Å². The first-order valence-electron chi connectivity index (χ1n) is 6.84. The number of hydrogen-bond acceptors (Lipinski definition) is 3. The van der Waals surface area contributed by atoms with E-state index in [9.17, 15) is 4.79 Å². The molecule has 1 N–H and O–H groups in total. The third kappa shape index (κ3) is 5.50. The summed E-state index contributed by atoms with van der Waals surface area (Å²) in [4.78, 5) is 13.4. The van der Waals surface area contributed by atoms with Crippen molar-refractivity contribution < 1.29 is 4.79 Å². The van der Waals surface area contributed by atoms with Crippen LogP contribution in [0.3, 0.4) is 0 Å². The molecule has 1 aliphatic rings. The van der Waals surface area contributed by atoms with Crippen LogP contribution in [0.25, 0.3) is 0 Å². The highest BCUT2D eigenvalue weighted by molar-refractivity contribution is 5.73. The number of likely N-dealkylation sites (tertiary alicyclic amines) is 1. The average Bonchev–Trinajstić information content (AvgIpc) is 2.30. The summed E-state index contributed by atoms with van der Waals surface area (Å²) in [5.41, 5.74) is -0.200. The lowest BCUT2D eigenvalue weighted by Gasteiger charge is -2.32. The number of carbonyl (C=O) groups is 1. The number of hydrogen-bond donors (Lipinski definition) is 1. The van der Waals surface area contributed by atoms with Gasteiger partial charge in [-0.15, -0.1) is 0 Å². The van der Waals surface area contributed by atoms with Crippen molar-refractivity contribution in [1.29, 1.82) is 5.26 Å². The van der Waals surface area contributed by atoms with Gasteiger partial charge in [0.15, 0.2) is 0 Å². The molecule has 0 atom stereocenters. The van der Waals surface area contributed by atoms with E-state index in [1.165, 1.54) is 0 Å². The third-order valence-corrected chi connectivity index (χ3v) is 3.57. The van der Waals surface area contributed by atoms with E-state index >= 15 is 0 Å². The highest BCUT2D eigenvalue weighted by Crippen LogP contribution is 2.21. The first-order valence-corrected chi connectivity index (χ1v) is 6.84. The molecule has 0 saturated carbocycles. The van der Waals surface area contributed by atoms with Gasteiger partial charge in [-0.25, -0.2) is 0 Å². The summed E-state index contributed by atoms with van der Waals surface area (Å²) < 4.78 is 0. The Morgan fingerprint density at radius 1 is 1.44 bits per heavy atom. The number of nitrogens with zero attached hydrogens (tertiary/aromatic N) is 2. The molecule has 0 radical (unpaired) electrons. The van der Waals surface area contributed by atoms with Crippen molar-refractivity contribution in [3.63, 3.8) is 0 Å². The van der Waals surface area contributed by atoms with E-state index in [0.29, 0.717) is 6.04 Å². The van der Waals surface area contributed by atoms with Crippen LogP contribution in [-0.2, 0) is 4.79 Å². The molecule has 0 spiro atoms. The fraction of sp³-hybridized carbons (Fsp3) is 0.857. The molecule has 1 fully saturated rings. The second-order valence-corrected chi connectivity index (χ2v) is 5.92. The van der Waals surface area contributed by atoms with Gasteiger partial charge in [0.25, 0.3) is 0 Å². The molecular weight excluding hydrogens is 226 g/mol. The smallest absolute Gasteiger partial charge is 0.217 e. The summed E-state index contributed by atoms with van der Waals surface area (Å²) in [5.74, 6) is 0.0734. The second-order valence-electron chi connectivity index (χ2n) is 5.92. The second kappa shape index (κ2) is 6.75. The minimum Gasteiger partial charge on any atom is -0.354 e. The number of amides is 1. The molecule has 0 aromatic heterocycles. The molecule has 0 unspecified atom stereocenters. The van der Waals surface area contributed by atoms with Crippen LogP contribution in [0.15, 0.2) is 0 Å². The van der Waals surface area contributed by atoms with E-state index in [1.54, 1.807) is 6.92 Å². The Morgan fingerprint density at radius 3 is 2.56 bits per heavy atom. The largest absolute Gasteiger partial charge is 0.354 e. The predicted octanol–water partition coefficient (Wildman–Crippen LogP) is 1.92. The van der Waals surface area contributed by atoms with Gasteiger partial charge in [-0.2, -0.15) is 5.26 Å². The van der Waals surface area contributed by atoms with E-state index in [-0.39, 0.29) is 11.3 Å². The van der Waals surface area contributed by atoms with Crippen molar-refractivity contribution in [2.24, 2.45) is 5.41 Å². The maximum atomic E-state index is 11.0. The van der Waals surface area contributed by atoms with Crippen LogP contribution >= 0.6 is 0 Å². The van der Waals surface area contributed by atoms with Gasteiger partial charge < -0.3 is 10.2 Å². The zero-order valence-electron chi connectivity index (χ0n) is 11.8. The lowest BCUT2D eigenvalue weighted by Crippen LogP contribution is -2.44. The molecule has 0 aliphatic carbocycles. The monoisotopic (exact) mass is 251 g/mol. The van der Waals surface area contributed by atoms with Gasteiger partial charge in [0, 0.05) is 26.1 Å². The molecular formula is C14H25N3O. The van der Waals surface area contributed by atoms with Crippen LogP contribution in [0, 0.1) is 16.7 Å². The zero-order chi connectivity index (χ0) is 13.6. The van der Waals surface area contributed by atoms with Gasteiger partial charge in [-0.05, 0) is 46.1 Å². The molecule has 18 heavy (non-hydrogen) atoms. The molecule has 4 nitrogen and oxygen atoms in total. The number of carbonyl (C=O) groups excluding carboxylic acids is 1. The molecule has 1 amide bonds. The lowest BCUT2D eigenvalue weighted by atomic mass is 9.89. The Morgan fingerprint density at radius 2 is 2.06 bits per heavy atom. The normalized spacial score (nSPS) is 18.3. The van der Waals surface area contributed by atoms with E-state index in [0.717, 1.165) is 45.3 Å². The van der Waals surface area contributed by atoms with Crippen LogP contribution in [0.1, 0.15) is 46.5 Å². The first-order chi connectivity index (χ1) is 8.43. The number of rotatable bonds is 5. The first kappa shape index (κ1) is 15.0. The van der Waals surface area contributed by atoms with Crippen molar-refractivity contribution >= 4 is 5.91 Å². The maximum Gasteiger partial charge on any atom is 0.217 e. The molecule has 4 heteroatoms. The summed E-state index contributed by atoms with van der Waals surface area (Å²) in [6.45, 7) is 8.75. The molecule has 0 aromatic rings. The number of nitriles is 1. The van der Waals surface area contributed by atoms with Gasteiger partial charge >= 0.3 is 0 Å². The Bertz CT molecular complexity index is 311. The van der Waals surface area contributed by atoms with E-state index in [2.05, 4.69) is 16.3 Å². The summed E-state index contributed by atoms with van der Waals surface area (Å²) in [6, 6.07) is 2.70. The minimum absolute atomic E-state index is 0.0734. The van der Waals surface area contributed by atoms with Crippen LogP contribution < -0.4 is 5.32 Å². The van der Waals surface area contributed by atoms with Crippen LogP contribution in [0.4, 0.5) is 0 Å². The summed E-state index contributed by atoms with van der Waals surface area (Å²) in [6.07, 6.45) is 4.11. The van der Waals surface area contributed by atoms with E-state index in [4.69, 9.17) is 5.26 Å². The van der Waals surface area contributed by atoms with Crippen molar-refractivity contribution in [2.75, 3.05) is 19.6 Å². The third-order valence-electron chi connectivity index (χ3n) is 3.57. The quantitative estimate of drug-likeness (QED) is 0.812. The summed E-state index contributed by atoms with van der Waals surface area (Å²) >= 11 is 0. The Labute approximate surface area is 110 Å². The zero-order valence-corrected chi connectivity index (χ0v) is 11.8. The number of nitrogens with one attached hydrogen (secondary N) is 1. The van der Waals surface area contributed by atoms with Gasteiger partial charge in [-0.1, -0.05) is 0 Å². The Balaban J connectivity index is 2.17. The molecule has 0 bridgehead atoms. The molecule has 1 aliphatic heterocycles. The Kier molecular flexibility index (Phi) is 5.61. The fourth-order valence-electron chi connectivity index (χ4n) is 2.39. The molecule has 1 saturated heterocycles. The summed E-state index contributed by atoms with van der Waals surface area (Å²) in [5, 5.41) is 11.9. The van der Waals surface area contributed by atoms with Crippen molar-refractivity contribution in [1.82, 2.24) is 10.2 Å².